The van der Waals surface area contributed by atoms with Crippen LogP contribution in [0.15, 0.2) is 28.7 Å². The van der Waals surface area contributed by atoms with Gasteiger partial charge in [0.05, 0.1) is 5.69 Å². The van der Waals surface area contributed by atoms with E-state index in [0.29, 0.717) is 11.3 Å². The molecule has 0 aliphatic heterocycles. The molecular formula is C19H23F3N2OS. The first kappa shape index (κ1) is 20.6. The minimum atomic E-state index is -4.57. The van der Waals surface area contributed by atoms with Crippen molar-refractivity contribution in [1.29, 1.82) is 0 Å². The first-order valence-electron chi connectivity index (χ1n) is 8.35. The molecule has 1 aromatic heterocycles. The third-order valence-corrected chi connectivity index (χ3v) is 5.28. The Hall–Kier alpha value is -1.73. The summed E-state index contributed by atoms with van der Waals surface area (Å²) in [6.45, 7) is 6.66. The van der Waals surface area contributed by atoms with Gasteiger partial charge in [0.1, 0.15) is 5.01 Å². The van der Waals surface area contributed by atoms with Crippen LogP contribution in [0.1, 0.15) is 44.7 Å². The highest BCUT2D eigenvalue weighted by Gasteiger charge is 2.54. The van der Waals surface area contributed by atoms with Gasteiger partial charge >= 0.3 is 6.18 Å². The number of benzene rings is 1. The molecule has 2 rings (SSSR count). The Kier molecular flexibility index (Phi) is 6.24. The van der Waals surface area contributed by atoms with Gasteiger partial charge in [0.2, 0.25) is 0 Å². The third-order valence-electron chi connectivity index (χ3n) is 4.47. The Balaban J connectivity index is 2.76. The Morgan fingerprint density at radius 1 is 1.31 bits per heavy atom. The van der Waals surface area contributed by atoms with Gasteiger partial charge < -0.3 is 4.74 Å². The lowest BCUT2D eigenvalue weighted by Crippen LogP contribution is -2.41. The molecule has 0 amide bonds. The molecule has 7 heteroatoms. The van der Waals surface area contributed by atoms with E-state index in [2.05, 4.69) is 9.98 Å². The second-order valence-electron chi connectivity index (χ2n) is 6.30. The van der Waals surface area contributed by atoms with Crippen LogP contribution >= 0.6 is 11.3 Å². The van der Waals surface area contributed by atoms with Gasteiger partial charge in [-0.25, -0.2) is 4.98 Å². The average molecular weight is 384 g/mol. The number of halogens is 3. The van der Waals surface area contributed by atoms with Crippen molar-refractivity contribution in [3.63, 3.8) is 0 Å². The van der Waals surface area contributed by atoms with E-state index in [1.165, 1.54) is 17.4 Å². The van der Waals surface area contributed by atoms with Crippen molar-refractivity contribution in [2.45, 2.75) is 52.3 Å². The predicted molar refractivity (Wildman–Crippen MR) is 100 cm³/mol. The summed E-state index contributed by atoms with van der Waals surface area (Å²) in [5.74, 6) is 0. The molecule has 2 aromatic rings. The van der Waals surface area contributed by atoms with Crippen LogP contribution < -0.4 is 0 Å². The highest BCUT2D eigenvalue weighted by molar-refractivity contribution is 7.13. The summed E-state index contributed by atoms with van der Waals surface area (Å²) in [6, 6.07) is 3.12. The van der Waals surface area contributed by atoms with Crippen LogP contribution in [0.4, 0.5) is 18.9 Å². The van der Waals surface area contributed by atoms with Crippen LogP contribution in [0.2, 0.25) is 0 Å². The number of rotatable bonds is 6. The number of methoxy groups -OCH3 is 1. The Morgan fingerprint density at radius 2 is 2.00 bits per heavy atom. The van der Waals surface area contributed by atoms with E-state index in [-0.39, 0.29) is 5.56 Å². The van der Waals surface area contributed by atoms with E-state index >= 15 is 0 Å². The maximum absolute atomic E-state index is 13.8. The number of thiazole rings is 1. The van der Waals surface area contributed by atoms with Crippen molar-refractivity contribution in [1.82, 2.24) is 4.98 Å². The normalized spacial score (nSPS) is 15.2. The Labute approximate surface area is 156 Å². The lowest BCUT2D eigenvalue weighted by molar-refractivity contribution is -0.268. The molecule has 0 N–H and O–H groups in total. The van der Waals surface area contributed by atoms with E-state index in [4.69, 9.17) is 4.74 Å². The van der Waals surface area contributed by atoms with Gasteiger partial charge in [-0.3, -0.25) is 4.99 Å². The van der Waals surface area contributed by atoms with E-state index in [1.54, 1.807) is 19.2 Å². The Bertz CT molecular complexity index is 785. The Morgan fingerprint density at radius 3 is 2.50 bits per heavy atom. The maximum atomic E-state index is 13.8. The molecule has 1 aromatic carbocycles. The van der Waals surface area contributed by atoms with Crippen LogP contribution in [-0.4, -0.2) is 24.0 Å². The fraction of sp³-hybridized carbons (Fsp3) is 0.474. The van der Waals surface area contributed by atoms with Gasteiger partial charge in [0.25, 0.3) is 0 Å². The zero-order chi connectivity index (χ0) is 19.5. The van der Waals surface area contributed by atoms with Crippen molar-refractivity contribution in [2.75, 3.05) is 7.11 Å². The van der Waals surface area contributed by atoms with Gasteiger partial charge in [-0.1, -0.05) is 25.5 Å². The largest absolute Gasteiger partial charge is 0.421 e. The van der Waals surface area contributed by atoms with Gasteiger partial charge in [-0.2, -0.15) is 13.2 Å². The zero-order valence-corrected chi connectivity index (χ0v) is 16.4. The van der Waals surface area contributed by atoms with Crippen molar-refractivity contribution in [3.05, 3.63) is 34.8 Å². The van der Waals surface area contributed by atoms with Crippen molar-refractivity contribution in [3.8, 4) is 10.6 Å². The summed E-state index contributed by atoms with van der Waals surface area (Å²) in [4.78, 5) is 8.84. The quantitative estimate of drug-likeness (QED) is 0.538. The summed E-state index contributed by atoms with van der Waals surface area (Å²) >= 11 is 1.44. The number of hydrogen-bond donors (Lipinski definition) is 0. The fourth-order valence-electron chi connectivity index (χ4n) is 2.80. The van der Waals surface area contributed by atoms with E-state index in [0.717, 1.165) is 43.2 Å². The molecule has 0 fully saturated rings. The minimum Gasteiger partial charge on any atom is -0.364 e. The molecule has 1 atom stereocenters. The van der Waals surface area contributed by atoms with Crippen LogP contribution in [0, 0.1) is 6.92 Å². The molecule has 0 radical (unpaired) electrons. The first-order valence-corrected chi connectivity index (χ1v) is 9.23. The lowest BCUT2D eigenvalue weighted by atomic mass is 9.89. The zero-order valence-electron chi connectivity index (χ0n) is 15.6. The average Bonchev–Trinajstić information content (AvgIpc) is 3.09. The molecule has 0 saturated carbocycles. The maximum Gasteiger partial charge on any atom is 0.421 e. The van der Waals surface area contributed by atoms with Crippen molar-refractivity contribution < 1.29 is 17.9 Å². The van der Waals surface area contributed by atoms with Crippen LogP contribution in [-0.2, 0) is 10.3 Å². The summed E-state index contributed by atoms with van der Waals surface area (Å²) in [5, 5.41) is 2.59. The fourth-order valence-corrected chi connectivity index (χ4v) is 3.52. The van der Waals surface area contributed by atoms with E-state index in [1.807, 2.05) is 19.2 Å². The standard InChI is InChI=1S/C19H23F3N2OS/c1-6-7-12(2)24-16-13(3)14(17-23-10-11-26-17)8-9-15(16)18(4,25-5)19(20,21)22/h8-11H,6-7H2,1-5H3. The molecule has 0 spiro atoms. The van der Waals surface area contributed by atoms with Gasteiger partial charge in [0, 0.05) is 35.5 Å². The summed E-state index contributed by atoms with van der Waals surface area (Å²) in [5.41, 5.74) is 0.123. The summed E-state index contributed by atoms with van der Waals surface area (Å²) in [6.07, 6.45) is -1.31. The number of alkyl halides is 3. The number of nitrogens with zero attached hydrogens (tertiary/aromatic N) is 2. The summed E-state index contributed by atoms with van der Waals surface area (Å²) in [7, 11) is 1.07. The molecular weight excluding hydrogens is 361 g/mol. The smallest absolute Gasteiger partial charge is 0.364 e. The SMILES string of the molecule is CCCC(C)=Nc1c(C(C)(OC)C(F)(F)F)ccc(-c2nccs2)c1C. The van der Waals surface area contributed by atoms with E-state index in [9.17, 15) is 13.2 Å². The topological polar surface area (TPSA) is 34.5 Å². The molecule has 142 valence electrons. The molecule has 0 aliphatic carbocycles. The van der Waals surface area contributed by atoms with E-state index < -0.39 is 11.8 Å². The minimum absolute atomic E-state index is 0.0146. The van der Waals surface area contributed by atoms with Gasteiger partial charge in [0.15, 0.2) is 5.60 Å². The molecule has 26 heavy (non-hydrogen) atoms. The molecule has 1 unspecified atom stereocenters. The third kappa shape index (κ3) is 3.83. The number of aliphatic imine (C=N–C) groups is 1. The van der Waals surface area contributed by atoms with Crippen LogP contribution in [0.3, 0.4) is 0 Å². The van der Waals surface area contributed by atoms with Crippen molar-refractivity contribution >= 4 is 22.7 Å². The molecule has 0 bridgehead atoms. The van der Waals surface area contributed by atoms with Gasteiger partial charge in [-0.15, -0.1) is 11.3 Å². The molecule has 1 heterocycles. The molecule has 0 saturated heterocycles. The first-order chi connectivity index (χ1) is 12.2. The van der Waals surface area contributed by atoms with Crippen LogP contribution in [0.25, 0.3) is 10.6 Å². The number of hydrogen-bond acceptors (Lipinski definition) is 4. The second-order valence-corrected chi connectivity index (χ2v) is 7.20. The second kappa shape index (κ2) is 7.88. The molecule has 0 aliphatic rings. The molecule has 3 nitrogen and oxygen atoms in total. The highest BCUT2D eigenvalue weighted by atomic mass is 32.1. The predicted octanol–water partition coefficient (Wildman–Crippen LogP) is 6.43. The summed E-state index contributed by atoms with van der Waals surface area (Å²) < 4.78 is 46.3. The monoisotopic (exact) mass is 384 g/mol. The van der Waals surface area contributed by atoms with Gasteiger partial charge in [-0.05, 0) is 32.8 Å². The number of aromatic nitrogens is 1. The lowest BCUT2D eigenvalue weighted by Gasteiger charge is -2.32. The van der Waals surface area contributed by atoms with Crippen LogP contribution in [0.5, 0.6) is 0 Å². The van der Waals surface area contributed by atoms with Crippen molar-refractivity contribution in [2.24, 2.45) is 4.99 Å². The highest BCUT2D eigenvalue weighted by Crippen LogP contribution is 2.47. The number of ether oxygens (including phenoxy) is 1.